The zero-order chi connectivity index (χ0) is 15.7. The summed E-state index contributed by atoms with van der Waals surface area (Å²) in [4.78, 5) is 16.7. The van der Waals surface area contributed by atoms with Crippen LogP contribution in [0.25, 0.3) is 0 Å². The lowest BCUT2D eigenvalue weighted by atomic mass is 10.1. The van der Waals surface area contributed by atoms with Gasteiger partial charge in [-0.15, -0.1) is 0 Å². The van der Waals surface area contributed by atoms with E-state index in [0.29, 0.717) is 42.0 Å². The third-order valence-electron chi connectivity index (χ3n) is 3.31. The maximum absolute atomic E-state index is 12.4. The van der Waals surface area contributed by atoms with E-state index in [4.69, 9.17) is 13.9 Å². The molecule has 3 rings (SSSR count). The largest absolute Gasteiger partial charge is 0.486 e. The molecule has 0 saturated carbocycles. The number of aryl methyl sites for hydroxylation is 1. The molecule has 1 aliphatic rings. The number of hydrogen-bond acceptors (Lipinski definition) is 5. The predicted octanol–water partition coefficient (Wildman–Crippen LogP) is 3.13. The van der Waals surface area contributed by atoms with Crippen molar-refractivity contribution >= 4 is 11.6 Å². The molecule has 2 heterocycles. The third kappa shape index (κ3) is 2.77. The van der Waals surface area contributed by atoms with Crippen molar-refractivity contribution in [2.45, 2.75) is 26.7 Å². The number of nitrogens with zero attached hydrogens (tertiary/aromatic N) is 1. The number of hydrogen-bond donors (Lipinski definition) is 1. The first kappa shape index (κ1) is 14.4. The van der Waals surface area contributed by atoms with Gasteiger partial charge < -0.3 is 19.2 Å². The number of anilines is 1. The van der Waals surface area contributed by atoms with Crippen molar-refractivity contribution in [3.05, 3.63) is 35.5 Å². The fraction of sp³-hybridized carbons (Fsp3) is 0.375. The number of nitrogens with one attached hydrogen (secondary N) is 1. The van der Waals surface area contributed by atoms with E-state index in [9.17, 15) is 4.79 Å². The lowest BCUT2D eigenvalue weighted by Gasteiger charge is -2.18. The number of carbonyl (C=O) groups is 1. The van der Waals surface area contributed by atoms with Gasteiger partial charge in [-0.05, 0) is 18.1 Å². The molecule has 1 aromatic carbocycles. The summed E-state index contributed by atoms with van der Waals surface area (Å²) in [5.74, 6) is 1.84. The first-order valence-corrected chi connectivity index (χ1v) is 7.23. The zero-order valence-corrected chi connectivity index (χ0v) is 12.8. The number of oxazole rings is 1. The van der Waals surface area contributed by atoms with Gasteiger partial charge in [0.05, 0.1) is 5.69 Å². The van der Waals surface area contributed by atoms with Gasteiger partial charge in [0.15, 0.2) is 17.4 Å². The van der Waals surface area contributed by atoms with Crippen molar-refractivity contribution in [2.75, 3.05) is 18.5 Å². The third-order valence-corrected chi connectivity index (χ3v) is 3.31. The summed E-state index contributed by atoms with van der Waals surface area (Å²) in [7, 11) is 0. The standard InChI is InChI=1S/C16H18N2O4/c1-9(2)14-15(22-10(3)17-14)16(19)18-11-4-5-12-13(8-11)21-7-6-20-12/h4-5,8-9H,6-7H2,1-3H3,(H,18,19). The fourth-order valence-electron chi connectivity index (χ4n) is 2.31. The molecule has 0 saturated heterocycles. The van der Waals surface area contributed by atoms with E-state index < -0.39 is 0 Å². The molecule has 6 heteroatoms. The normalized spacial score (nSPS) is 13.3. The molecule has 1 amide bonds. The lowest BCUT2D eigenvalue weighted by molar-refractivity contribution is 0.0993. The summed E-state index contributed by atoms with van der Waals surface area (Å²) < 4.78 is 16.4. The zero-order valence-electron chi connectivity index (χ0n) is 12.8. The number of benzene rings is 1. The number of rotatable bonds is 3. The van der Waals surface area contributed by atoms with Crippen molar-refractivity contribution in [1.29, 1.82) is 0 Å². The van der Waals surface area contributed by atoms with E-state index in [1.54, 1.807) is 25.1 Å². The molecule has 1 aromatic heterocycles. The molecule has 1 aliphatic heterocycles. The van der Waals surface area contributed by atoms with Crippen LogP contribution in [0.3, 0.4) is 0 Å². The molecule has 6 nitrogen and oxygen atoms in total. The van der Waals surface area contributed by atoms with Crippen LogP contribution in [0.15, 0.2) is 22.6 Å². The average molecular weight is 302 g/mol. The van der Waals surface area contributed by atoms with Gasteiger partial charge in [-0.2, -0.15) is 0 Å². The smallest absolute Gasteiger partial charge is 0.293 e. The van der Waals surface area contributed by atoms with Gasteiger partial charge in [0.25, 0.3) is 5.91 Å². The second kappa shape index (κ2) is 5.71. The van der Waals surface area contributed by atoms with Crippen molar-refractivity contribution in [3.8, 4) is 11.5 Å². The molecule has 1 N–H and O–H groups in total. The van der Waals surface area contributed by atoms with Crippen LogP contribution in [0, 0.1) is 6.92 Å². The van der Waals surface area contributed by atoms with Gasteiger partial charge in [0.1, 0.15) is 13.2 Å². The first-order chi connectivity index (χ1) is 10.5. The van der Waals surface area contributed by atoms with Crippen molar-refractivity contribution in [1.82, 2.24) is 4.98 Å². The van der Waals surface area contributed by atoms with E-state index in [-0.39, 0.29) is 17.6 Å². The predicted molar refractivity (Wildman–Crippen MR) is 80.7 cm³/mol. The van der Waals surface area contributed by atoms with Crippen molar-refractivity contribution < 1.29 is 18.7 Å². The van der Waals surface area contributed by atoms with E-state index in [1.165, 1.54) is 0 Å². The van der Waals surface area contributed by atoms with Crippen LogP contribution in [0.1, 0.15) is 41.9 Å². The Hall–Kier alpha value is -2.50. The number of aromatic nitrogens is 1. The van der Waals surface area contributed by atoms with Crippen LogP contribution in [-0.4, -0.2) is 24.1 Å². The summed E-state index contributed by atoms with van der Waals surface area (Å²) in [6.45, 7) is 6.71. The molecule has 0 fully saturated rings. The van der Waals surface area contributed by atoms with E-state index in [1.807, 2.05) is 13.8 Å². The van der Waals surface area contributed by atoms with E-state index in [2.05, 4.69) is 10.3 Å². The monoisotopic (exact) mass is 302 g/mol. The summed E-state index contributed by atoms with van der Waals surface area (Å²) in [5.41, 5.74) is 1.28. The molecule has 22 heavy (non-hydrogen) atoms. The SMILES string of the molecule is Cc1nc(C(C)C)c(C(=O)Nc2ccc3c(c2)OCCO3)o1. The highest BCUT2D eigenvalue weighted by molar-refractivity contribution is 6.03. The fourth-order valence-corrected chi connectivity index (χ4v) is 2.31. The van der Waals surface area contributed by atoms with E-state index in [0.717, 1.165) is 0 Å². The van der Waals surface area contributed by atoms with Gasteiger partial charge in [-0.25, -0.2) is 4.98 Å². The Morgan fingerprint density at radius 2 is 1.95 bits per heavy atom. The second-order valence-electron chi connectivity index (χ2n) is 5.41. The van der Waals surface area contributed by atoms with Crippen LogP contribution in [0.4, 0.5) is 5.69 Å². The Morgan fingerprint density at radius 1 is 1.23 bits per heavy atom. The van der Waals surface area contributed by atoms with Crippen LogP contribution < -0.4 is 14.8 Å². The van der Waals surface area contributed by atoms with Crippen LogP contribution >= 0.6 is 0 Å². The minimum absolute atomic E-state index is 0.110. The van der Waals surface area contributed by atoms with Crippen LogP contribution in [0.2, 0.25) is 0 Å². The molecule has 0 radical (unpaired) electrons. The maximum Gasteiger partial charge on any atom is 0.293 e. The molecule has 0 unspecified atom stereocenters. The highest BCUT2D eigenvalue weighted by atomic mass is 16.6. The van der Waals surface area contributed by atoms with Gasteiger partial charge in [0, 0.05) is 18.7 Å². The van der Waals surface area contributed by atoms with Gasteiger partial charge in [-0.3, -0.25) is 4.79 Å². The lowest BCUT2D eigenvalue weighted by Crippen LogP contribution is -2.17. The Labute approximate surface area is 128 Å². The quantitative estimate of drug-likeness (QED) is 0.943. The molecule has 116 valence electrons. The highest BCUT2D eigenvalue weighted by Crippen LogP contribution is 2.33. The highest BCUT2D eigenvalue weighted by Gasteiger charge is 2.22. The molecular weight excluding hydrogens is 284 g/mol. The van der Waals surface area contributed by atoms with Gasteiger partial charge >= 0.3 is 0 Å². The number of carbonyl (C=O) groups excluding carboxylic acids is 1. The molecular formula is C16H18N2O4. The minimum atomic E-state index is -0.319. The molecule has 0 bridgehead atoms. The Morgan fingerprint density at radius 3 is 2.68 bits per heavy atom. The molecule has 0 aliphatic carbocycles. The Bertz CT molecular complexity index is 706. The first-order valence-electron chi connectivity index (χ1n) is 7.23. The summed E-state index contributed by atoms with van der Waals surface area (Å²) in [6, 6.07) is 5.29. The van der Waals surface area contributed by atoms with Crippen molar-refractivity contribution in [2.24, 2.45) is 0 Å². The van der Waals surface area contributed by atoms with E-state index >= 15 is 0 Å². The topological polar surface area (TPSA) is 73.6 Å². The number of amides is 1. The van der Waals surface area contributed by atoms with Gasteiger partial charge in [-0.1, -0.05) is 13.8 Å². The van der Waals surface area contributed by atoms with Gasteiger partial charge in [0.2, 0.25) is 5.76 Å². The second-order valence-corrected chi connectivity index (χ2v) is 5.41. The number of ether oxygens (including phenoxy) is 2. The molecule has 0 spiro atoms. The van der Waals surface area contributed by atoms with Crippen LogP contribution in [-0.2, 0) is 0 Å². The number of fused-ring (bicyclic) bond motifs is 1. The Kier molecular flexibility index (Phi) is 3.75. The Balaban J connectivity index is 1.82. The molecule has 2 aromatic rings. The minimum Gasteiger partial charge on any atom is -0.486 e. The summed E-state index contributed by atoms with van der Waals surface area (Å²) in [5, 5.41) is 2.81. The van der Waals surface area contributed by atoms with Crippen molar-refractivity contribution in [3.63, 3.8) is 0 Å². The summed E-state index contributed by atoms with van der Waals surface area (Å²) >= 11 is 0. The maximum atomic E-state index is 12.4. The van der Waals surface area contributed by atoms with Crippen LogP contribution in [0.5, 0.6) is 11.5 Å². The average Bonchev–Trinajstić information content (AvgIpc) is 2.89. The molecule has 0 atom stereocenters. The summed E-state index contributed by atoms with van der Waals surface area (Å²) in [6.07, 6.45) is 0.